The van der Waals surface area contributed by atoms with Crippen molar-refractivity contribution in [1.82, 2.24) is 4.90 Å². The van der Waals surface area contributed by atoms with E-state index in [-0.39, 0.29) is 5.54 Å². The predicted octanol–water partition coefficient (Wildman–Crippen LogP) is 2.53. The Morgan fingerprint density at radius 3 is 2.88 bits per heavy atom. The molecule has 0 saturated carbocycles. The van der Waals surface area contributed by atoms with Gasteiger partial charge in [0.2, 0.25) is 0 Å². The van der Waals surface area contributed by atoms with E-state index in [1.165, 1.54) is 0 Å². The Bertz CT molecular complexity index is 386. The number of ether oxygens (including phenoxy) is 1. The van der Waals surface area contributed by atoms with Crippen LogP contribution >= 0.6 is 11.6 Å². The van der Waals surface area contributed by atoms with Crippen molar-refractivity contribution in [3.8, 4) is 0 Å². The van der Waals surface area contributed by atoms with E-state index < -0.39 is 0 Å². The molecule has 0 aromatic heterocycles. The second kappa shape index (κ2) is 4.84. The van der Waals surface area contributed by atoms with Gasteiger partial charge in [-0.25, -0.2) is 0 Å². The largest absolute Gasteiger partial charge is 0.398 e. The summed E-state index contributed by atoms with van der Waals surface area (Å²) in [5.74, 6) is 0. The van der Waals surface area contributed by atoms with E-state index in [1.54, 1.807) is 0 Å². The minimum absolute atomic E-state index is 0.0316. The van der Waals surface area contributed by atoms with E-state index in [0.29, 0.717) is 0 Å². The van der Waals surface area contributed by atoms with Crippen LogP contribution in [0.4, 0.5) is 5.69 Å². The van der Waals surface area contributed by atoms with E-state index in [0.717, 1.165) is 42.6 Å². The summed E-state index contributed by atoms with van der Waals surface area (Å²) in [6.07, 6.45) is 0. The van der Waals surface area contributed by atoms with Crippen LogP contribution in [-0.2, 0) is 11.3 Å². The van der Waals surface area contributed by atoms with E-state index in [2.05, 4.69) is 18.7 Å². The lowest BCUT2D eigenvalue weighted by atomic mass is 10.0. The summed E-state index contributed by atoms with van der Waals surface area (Å²) in [6, 6.07) is 5.67. The fraction of sp³-hybridized carbons (Fsp3) is 0.538. The zero-order chi connectivity index (χ0) is 12.5. The lowest BCUT2D eigenvalue weighted by Crippen LogP contribution is -2.52. The first kappa shape index (κ1) is 12.7. The van der Waals surface area contributed by atoms with Crippen LogP contribution in [0.2, 0.25) is 5.02 Å². The molecule has 1 aliphatic heterocycles. The number of rotatable bonds is 2. The van der Waals surface area contributed by atoms with Crippen molar-refractivity contribution in [1.29, 1.82) is 0 Å². The molecule has 0 atom stereocenters. The standard InChI is InChI=1S/C13H19ClN2O/c1-13(2)9-17-7-6-16(13)8-10-11(14)4-3-5-12(10)15/h3-5H,6-9,15H2,1-2H3. The summed E-state index contributed by atoms with van der Waals surface area (Å²) in [7, 11) is 0. The van der Waals surface area contributed by atoms with Gasteiger partial charge in [-0.1, -0.05) is 17.7 Å². The molecule has 2 rings (SSSR count). The van der Waals surface area contributed by atoms with Crippen molar-refractivity contribution in [2.75, 3.05) is 25.5 Å². The number of hydrogen-bond acceptors (Lipinski definition) is 3. The molecule has 0 radical (unpaired) electrons. The van der Waals surface area contributed by atoms with E-state index in [4.69, 9.17) is 22.1 Å². The van der Waals surface area contributed by atoms with Crippen molar-refractivity contribution in [2.24, 2.45) is 0 Å². The maximum atomic E-state index is 6.20. The molecule has 2 N–H and O–H groups in total. The van der Waals surface area contributed by atoms with Gasteiger partial charge in [0.05, 0.1) is 13.2 Å². The third kappa shape index (κ3) is 2.73. The second-order valence-corrected chi connectivity index (χ2v) is 5.50. The molecule has 1 aliphatic rings. The molecule has 0 aliphatic carbocycles. The van der Waals surface area contributed by atoms with E-state index >= 15 is 0 Å². The average Bonchev–Trinajstić information content (AvgIpc) is 2.25. The molecule has 0 bridgehead atoms. The second-order valence-electron chi connectivity index (χ2n) is 5.09. The Labute approximate surface area is 107 Å². The molecule has 0 amide bonds. The highest BCUT2D eigenvalue weighted by Crippen LogP contribution is 2.28. The van der Waals surface area contributed by atoms with Crippen LogP contribution in [0, 0.1) is 0 Å². The Kier molecular flexibility index (Phi) is 3.61. The third-order valence-corrected chi connectivity index (χ3v) is 3.68. The quantitative estimate of drug-likeness (QED) is 0.825. The molecular formula is C13H19ClN2O. The minimum atomic E-state index is 0.0316. The van der Waals surface area contributed by atoms with Crippen LogP contribution in [0.3, 0.4) is 0 Å². The van der Waals surface area contributed by atoms with Crippen LogP contribution in [-0.4, -0.2) is 30.2 Å². The molecular weight excluding hydrogens is 236 g/mol. The van der Waals surface area contributed by atoms with Crippen molar-refractivity contribution in [2.45, 2.75) is 25.9 Å². The Morgan fingerprint density at radius 2 is 2.24 bits per heavy atom. The van der Waals surface area contributed by atoms with E-state index in [9.17, 15) is 0 Å². The SMILES string of the molecule is CC1(C)COCCN1Cc1c(N)cccc1Cl. The number of hydrogen-bond donors (Lipinski definition) is 1. The highest BCUT2D eigenvalue weighted by molar-refractivity contribution is 6.31. The summed E-state index contributed by atoms with van der Waals surface area (Å²) in [4.78, 5) is 2.37. The molecule has 3 nitrogen and oxygen atoms in total. The number of nitrogen functional groups attached to an aromatic ring is 1. The molecule has 1 saturated heterocycles. The van der Waals surface area contributed by atoms with Gasteiger partial charge in [0.15, 0.2) is 0 Å². The fourth-order valence-corrected chi connectivity index (χ4v) is 2.36. The minimum Gasteiger partial charge on any atom is -0.398 e. The van der Waals surface area contributed by atoms with Crippen molar-refractivity contribution < 1.29 is 4.74 Å². The van der Waals surface area contributed by atoms with Crippen LogP contribution in [0.15, 0.2) is 18.2 Å². The predicted molar refractivity (Wildman–Crippen MR) is 71.2 cm³/mol. The highest BCUT2D eigenvalue weighted by atomic mass is 35.5. The molecule has 17 heavy (non-hydrogen) atoms. The summed E-state index contributed by atoms with van der Waals surface area (Å²) < 4.78 is 5.51. The van der Waals surface area contributed by atoms with Crippen molar-refractivity contribution >= 4 is 17.3 Å². The molecule has 1 fully saturated rings. The van der Waals surface area contributed by atoms with Gasteiger partial charge >= 0.3 is 0 Å². The van der Waals surface area contributed by atoms with Gasteiger partial charge in [-0.3, -0.25) is 4.90 Å². The van der Waals surface area contributed by atoms with Crippen molar-refractivity contribution in [3.05, 3.63) is 28.8 Å². The Balaban J connectivity index is 2.20. The number of halogens is 1. The smallest absolute Gasteiger partial charge is 0.0645 e. The normalized spacial score (nSPS) is 20.4. The summed E-state index contributed by atoms with van der Waals surface area (Å²) in [6.45, 7) is 7.57. The number of anilines is 1. The number of nitrogens with zero attached hydrogens (tertiary/aromatic N) is 1. The van der Waals surface area contributed by atoms with Gasteiger partial charge in [0, 0.05) is 34.9 Å². The molecule has 1 aromatic carbocycles. The first-order chi connectivity index (χ1) is 8.00. The summed E-state index contributed by atoms with van der Waals surface area (Å²) >= 11 is 6.20. The van der Waals surface area contributed by atoms with Gasteiger partial charge in [0.1, 0.15) is 0 Å². The maximum absolute atomic E-state index is 6.20. The Hall–Kier alpha value is -0.770. The fourth-order valence-electron chi connectivity index (χ4n) is 2.12. The van der Waals surface area contributed by atoms with Gasteiger partial charge in [-0.2, -0.15) is 0 Å². The first-order valence-electron chi connectivity index (χ1n) is 5.86. The molecule has 94 valence electrons. The van der Waals surface area contributed by atoms with Crippen LogP contribution in [0.1, 0.15) is 19.4 Å². The van der Waals surface area contributed by atoms with E-state index in [1.807, 2.05) is 18.2 Å². The highest BCUT2D eigenvalue weighted by Gasteiger charge is 2.31. The number of morpholine rings is 1. The summed E-state index contributed by atoms with van der Waals surface area (Å²) in [5, 5.41) is 0.743. The summed E-state index contributed by atoms with van der Waals surface area (Å²) in [5.41, 5.74) is 7.80. The Morgan fingerprint density at radius 1 is 1.47 bits per heavy atom. The monoisotopic (exact) mass is 254 g/mol. The van der Waals surface area contributed by atoms with Crippen LogP contribution in [0.25, 0.3) is 0 Å². The topological polar surface area (TPSA) is 38.5 Å². The zero-order valence-corrected chi connectivity index (χ0v) is 11.1. The van der Waals surface area contributed by atoms with Gasteiger partial charge in [-0.15, -0.1) is 0 Å². The molecule has 0 unspecified atom stereocenters. The van der Waals surface area contributed by atoms with Gasteiger partial charge < -0.3 is 10.5 Å². The first-order valence-corrected chi connectivity index (χ1v) is 6.24. The van der Waals surface area contributed by atoms with Gasteiger partial charge in [0.25, 0.3) is 0 Å². The van der Waals surface area contributed by atoms with Crippen LogP contribution < -0.4 is 5.73 Å². The lowest BCUT2D eigenvalue weighted by molar-refractivity contribution is -0.0551. The maximum Gasteiger partial charge on any atom is 0.0645 e. The van der Waals surface area contributed by atoms with Crippen molar-refractivity contribution in [3.63, 3.8) is 0 Å². The number of benzene rings is 1. The zero-order valence-electron chi connectivity index (χ0n) is 10.4. The molecule has 4 heteroatoms. The molecule has 1 aromatic rings. The lowest BCUT2D eigenvalue weighted by Gasteiger charge is -2.42. The third-order valence-electron chi connectivity index (χ3n) is 3.32. The van der Waals surface area contributed by atoms with Crippen LogP contribution in [0.5, 0.6) is 0 Å². The molecule has 1 heterocycles. The van der Waals surface area contributed by atoms with Gasteiger partial charge in [-0.05, 0) is 26.0 Å². The molecule has 0 spiro atoms. The number of nitrogens with two attached hydrogens (primary N) is 1. The average molecular weight is 255 g/mol.